The third kappa shape index (κ3) is 3.83. The average molecular weight is 253 g/mol. The van der Waals surface area contributed by atoms with E-state index in [-0.39, 0.29) is 5.54 Å². The molecule has 0 spiro atoms. The lowest BCUT2D eigenvalue weighted by molar-refractivity contribution is 0.575. The molecule has 6 heteroatoms. The minimum absolute atomic E-state index is 0.253. The molecule has 0 saturated heterocycles. The minimum Gasteiger partial charge on any atom is -0.388 e. The van der Waals surface area contributed by atoms with Gasteiger partial charge in [0.1, 0.15) is 0 Å². The zero-order valence-corrected chi connectivity index (χ0v) is 11.2. The van der Waals surface area contributed by atoms with Gasteiger partial charge in [-0.25, -0.2) is 0 Å². The third-order valence-corrected chi connectivity index (χ3v) is 2.96. The van der Waals surface area contributed by atoms with Crippen LogP contribution in [0.1, 0.15) is 6.42 Å². The first kappa shape index (κ1) is 13.7. The molecule has 0 bridgehead atoms. The quantitative estimate of drug-likeness (QED) is 0.325. The van der Waals surface area contributed by atoms with Crippen LogP contribution < -0.4 is 21.4 Å². The summed E-state index contributed by atoms with van der Waals surface area (Å²) in [7, 11) is 5.57. The lowest BCUT2D eigenvalue weighted by atomic mass is 9.92. The van der Waals surface area contributed by atoms with E-state index in [2.05, 4.69) is 38.6 Å². The number of hydrazone groups is 1. The lowest BCUT2D eigenvalue weighted by Gasteiger charge is -2.27. The van der Waals surface area contributed by atoms with E-state index in [0.717, 1.165) is 12.1 Å². The first-order valence-corrected chi connectivity index (χ1v) is 5.84. The Morgan fingerprint density at radius 2 is 2.24 bits per heavy atom. The Morgan fingerprint density at radius 1 is 1.47 bits per heavy atom. The molecule has 0 fully saturated rings. The van der Waals surface area contributed by atoms with Crippen LogP contribution in [0.5, 0.6) is 0 Å². The number of thiocarbonyl (C=S) groups is 1. The lowest BCUT2D eigenvalue weighted by Crippen LogP contribution is -2.44. The van der Waals surface area contributed by atoms with E-state index in [0.29, 0.717) is 5.11 Å². The normalized spacial score (nSPS) is 23.4. The zero-order valence-electron chi connectivity index (χ0n) is 10.4. The topological polar surface area (TPSA) is 60.5 Å². The Balaban J connectivity index is 2.64. The third-order valence-electron chi connectivity index (χ3n) is 2.66. The molecule has 0 aromatic rings. The highest BCUT2D eigenvalue weighted by Crippen LogP contribution is 2.17. The molecule has 17 heavy (non-hydrogen) atoms. The summed E-state index contributed by atoms with van der Waals surface area (Å²) >= 11 is 4.94. The Labute approximate surface area is 107 Å². The Morgan fingerprint density at radius 3 is 2.71 bits per heavy atom. The summed E-state index contributed by atoms with van der Waals surface area (Å²) in [4.78, 5) is 0. The molecular weight excluding hydrogens is 234 g/mol. The summed E-state index contributed by atoms with van der Waals surface area (Å²) in [6.07, 6.45) is 8.89. The van der Waals surface area contributed by atoms with Crippen molar-refractivity contribution in [3.8, 4) is 0 Å². The number of hydrogen-bond donors (Lipinski definition) is 4. The van der Waals surface area contributed by atoms with Crippen molar-refractivity contribution in [3.63, 3.8) is 0 Å². The van der Waals surface area contributed by atoms with Crippen LogP contribution in [0.4, 0.5) is 0 Å². The summed E-state index contributed by atoms with van der Waals surface area (Å²) in [6, 6.07) is 0. The van der Waals surface area contributed by atoms with Gasteiger partial charge in [0.15, 0.2) is 5.11 Å². The van der Waals surface area contributed by atoms with Crippen LogP contribution in [0.3, 0.4) is 0 Å². The van der Waals surface area contributed by atoms with E-state index >= 15 is 0 Å². The van der Waals surface area contributed by atoms with Gasteiger partial charge in [-0.05, 0) is 31.8 Å². The van der Waals surface area contributed by atoms with E-state index in [1.807, 2.05) is 26.4 Å². The first-order valence-electron chi connectivity index (χ1n) is 5.44. The Bertz CT molecular complexity index is 361. The molecule has 0 heterocycles. The van der Waals surface area contributed by atoms with Gasteiger partial charge in [-0.2, -0.15) is 5.10 Å². The predicted octanol–water partition coefficient (Wildman–Crippen LogP) is 0.0875. The highest BCUT2D eigenvalue weighted by molar-refractivity contribution is 7.80. The van der Waals surface area contributed by atoms with Crippen LogP contribution in [0.2, 0.25) is 0 Å². The zero-order chi connectivity index (χ0) is 12.7. The fourth-order valence-electron chi connectivity index (χ4n) is 1.45. The maximum absolute atomic E-state index is 4.94. The van der Waals surface area contributed by atoms with Crippen LogP contribution in [-0.4, -0.2) is 38.0 Å². The van der Waals surface area contributed by atoms with Crippen LogP contribution in [0, 0.1) is 0 Å². The molecule has 5 nitrogen and oxygen atoms in total. The summed E-state index contributed by atoms with van der Waals surface area (Å²) in [5.74, 6) is 0. The largest absolute Gasteiger partial charge is 0.388 e. The van der Waals surface area contributed by atoms with Crippen molar-refractivity contribution in [2.45, 2.75) is 12.0 Å². The van der Waals surface area contributed by atoms with E-state index in [1.165, 1.54) is 0 Å². The highest BCUT2D eigenvalue weighted by Gasteiger charge is 2.23. The SMILES string of the molecule is CNC(=S)NN=CC1(NC)C=CC(NC)=CC1. The van der Waals surface area contributed by atoms with Crippen molar-refractivity contribution in [3.05, 3.63) is 23.9 Å². The van der Waals surface area contributed by atoms with Crippen LogP contribution in [0.15, 0.2) is 29.0 Å². The molecule has 0 aromatic carbocycles. The second-order valence-electron chi connectivity index (χ2n) is 3.69. The molecule has 0 aromatic heterocycles. The monoisotopic (exact) mass is 253 g/mol. The fraction of sp³-hybridized carbons (Fsp3) is 0.455. The summed E-state index contributed by atoms with van der Waals surface area (Å²) < 4.78 is 0. The number of hydrogen-bond acceptors (Lipinski definition) is 4. The molecule has 0 amide bonds. The highest BCUT2D eigenvalue weighted by atomic mass is 32.1. The molecule has 0 aliphatic heterocycles. The number of allylic oxidation sites excluding steroid dienone is 1. The van der Waals surface area contributed by atoms with Gasteiger partial charge in [0.2, 0.25) is 0 Å². The van der Waals surface area contributed by atoms with Crippen molar-refractivity contribution >= 4 is 23.5 Å². The molecule has 94 valence electrons. The Kier molecular flexibility index (Phi) is 5.11. The summed E-state index contributed by atoms with van der Waals surface area (Å²) in [5, 5.41) is 13.8. The first-order chi connectivity index (χ1) is 8.15. The second-order valence-corrected chi connectivity index (χ2v) is 4.09. The van der Waals surface area contributed by atoms with Gasteiger partial charge in [-0.15, -0.1) is 0 Å². The standard InChI is InChI=1S/C11H19N5S/c1-12-9-4-6-11(14-3,7-5-9)8-15-16-10(17)13-2/h4-6,8,12,14H,7H2,1-3H3,(H2,13,16,17). The molecule has 0 radical (unpaired) electrons. The number of nitrogens with zero attached hydrogens (tertiary/aromatic N) is 1. The molecule has 1 rings (SSSR count). The van der Waals surface area contributed by atoms with Crippen molar-refractivity contribution in [1.29, 1.82) is 0 Å². The van der Waals surface area contributed by atoms with E-state index in [9.17, 15) is 0 Å². The van der Waals surface area contributed by atoms with Gasteiger partial charge in [0, 0.05) is 26.0 Å². The molecule has 1 atom stereocenters. The fourth-order valence-corrected chi connectivity index (χ4v) is 1.50. The summed E-state index contributed by atoms with van der Waals surface area (Å²) in [6.45, 7) is 0. The molecule has 1 aliphatic carbocycles. The number of nitrogens with one attached hydrogen (secondary N) is 4. The summed E-state index contributed by atoms with van der Waals surface area (Å²) in [5.41, 5.74) is 3.60. The van der Waals surface area contributed by atoms with Crippen molar-refractivity contribution in [2.24, 2.45) is 5.10 Å². The van der Waals surface area contributed by atoms with Crippen molar-refractivity contribution in [1.82, 2.24) is 21.4 Å². The van der Waals surface area contributed by atoms with Gasteiger partial charge < -0.3 is 16.0 Å². The molecule has 1 unspecified atom stereocenters. The smallest absolute Gasteiger partial charge is 0.186 e. The van der Waals surface area contributed by atoms with Gasteiger partial charge >= 0.3 is 0 Å². The minimum atomic E-state index is -0.253. The molecule has 4 N–H and O–H groups in total. The molecular formula is C11H19N5S. The van der Waals surface area contributed by atoms with Gasteiger partial charge in [-0.1, -0.05) is 12.2 Å². The maximum atomic E-state index is 4.94. The van der Waals surface area contributed by atoms with Crippen LogP contribution in [0.25, 0.3) is 0 Å². The van der Waals surface area contributed by atoms with Crippen molar-refractivity contribution in [2.75, 3.05) is 21.1 Å². The average Bonchev–Trinajstić information content (AvgIpc) is 2.39. The predicted molar refractivity (Wildman–Crippen MR) is 76.0 cm³/mol. The van der Waals surface area contributed by atoms with E-state index in [1.54, 1.807) is 7.05 Å². The van der Waals surface area contributed by atoms with E-state index < -0.39 is 0 Å². The molecule has 1 aliphatic rings. The number of likely N-dealkylation sites (N-methyl/N-ethyl adjacent to an activating group) is 2. The van der Waals surface area contributed by atoms with Crippen LogP contribution in [-0.2, 0) is 0 Å². The van der Waals surface area contributed by atoms with E-state index in [4.69, 9.17) is 12.2 Å². The van der Waals surface area contributed by atoms with Crippen molar-refractivity contribution < 1.29 is 0 Å². The van der Waals surface area contributed by atoms with Gasteiger partial charge in [0.05, 0.1) is 5.54 Å². The van der Waals surface area contributed by atoms with Gasteiger partial charge in [-0.3, -0.25) is 5.43 Å². The molecule has 0 saturated carbocycles. The Hall–Kier alpha value is -1.40. The van der Waals surface area contributed by atoms with Crippen LogP contribution >= 0.6 is 12.2 Å². The second kappa shape index (κ2) is 6.36. The maximum Gasteiger partial charge on any atom is 0.186 e. The number of rotatable bonds is 4. The van der Waals surface area contributed by atoms with Gasteiger partial charge in [0.25, 0.3) is 0 Å².